The Balaban J connectivity index is 1.58. The van der Waals surface area contributed by atoms with Gasteiger partial charge < -0.3 is 14.0 Å². The fourth-order valence-electron chi connectivity index (χ4n) is 4.82. The first-order valence-corrected chi connectivity index (χ1v) is 16.5. The number of benzene rings is 2. The van der Waals surface area contributed by atoms with Gasteiger partial charge in [0.15, 0.2) is 11.6 Å². The third-order valence-corrected chi connectivity index (χ3v) is 8.70. The quantitative estimate of drug-likeness (QED) is 0.192. The number of alkyl halides is 3. The Morgan fingerprint density at radius 2 is 1.95 bits per heavy atom. The van der Waals surface area contributed by atoms with Crippen LogP contribution in [0.1, 0.15) is 34.2 Å². The maximum absolute atomic E-state index is 13.8. The van der Waals surface area contributed by atoms with Gasteiger partial charge in [-0.1, -0.05) is 37.8 Å². The van der Waals surface area contributed by atoms with E-state index in [0.717, 1.165) is 28.6 Å². The SMILES string of the molecule is Cc1c(C#N)ccc2c1cc(-c1nc3n(n1)CCOC3c1ccccc1C(F)(F)F)n2COCC[Si](C)(C)C. The van der Waals surface area contributed by atoms with E-state index in [-0.39, 0.29) is 18.9 Å². The molecule has 11 heteroatoms. The number of hydrogen-bond donors (Lipinski definition) is 0. The first-order chi connectivity index (χ1) is 18.5. The fraction of sp³-hybridized carbons (Fsp3) is 0.393. The first kappa shape index (κ1) is 27.1. The van der Waals surface area contributed by atoms with Crippen molar-refractivity contribution in [3.05, 3.63) is 70.5 Å². The van der Waals surface area contributed by atoms with Crippen molar-refractivity contribution in [2.75, 3.05) is 13.2 Å². The fourth-order valence-corrected chi connectivity index (χ4v) is 5.58. The molecule has 0 spiro atoms. The highest BCUT2D eigenvalue weighted by atomic mass is 28.3. The predicted octanol–water partition coefficient (Wildman–Crippen LogP) is 6.53. The van der Waals surface area contributed by atoms with Crippen molar-refractivity contribution in [2.24, 2.45) is 0 Å². The molecule has 7 nitrogen and oxygen atoms in total. The minimum atomic E-state index is -4.53. The van der Waals surface area contributed by atoms with Gasteiger partial charge in [0.25, 0.3) is 0 Å². The summed E-state index contributed by atoms with van der Waals surface area (Å²) >= 11 is 0. The van der Waals surface area contributed by atoms with E-state index < -0.39 is 25.9 Å². The number of aromatic nitrogens is 4. The summed E-state index contributed by atoms with van der Waals surface area (Å²) in [6.45, 7) is 10.2. The Bertz CT molecular complexity index is 1560. The Hall–Kier alpha value is -3.46. The van der Waals surface area contributed by atoms with Crippen molar-refractivity contribution in [3.8, 4) is 17.6 Å². The number of ether oxygens (including phenoxy) is 2. The monoisotopic (exact) mass is 553 g/mol. The van der Waals surface area contributed by atoms with Gasteiger partial charge in [-0.3, -0.25) is 0 Å². The van der Waals surface area contributed by atoms with E-state index >= 15 is 0 Å². The molecule has 0 saturated carbocycles. The zero-order chi connectivity index (χ0) is 27.9. The second-order valence-electron chi connectivity index (χ2n) is 10.9. The van der Waals surface area contributed by atoms with Crippen LogP contribution in [0.5, 0.6) is 0 Å². The zero-order valence-electron chi connectivity index (χ0n) is 22.3. The van der Waals surface area contributed by atoms with Crippen LogP contribution in [0.3, 0.4) is 0 Å². The van der Waals surface area contributed by atoms with E-state index in [0.29, 0.717) is 36.1 Å². The smallest absolute Gasteiger partial charge is 0.364 e. The lowest BCUT2D eigenvalue weighted by atomic mass is 10.0. The number of rotatable bonds is 7. The summed E-state index contributed by atoms with van der Waals surface area (Å²) in [7, 11) is -1.29. The molecular weight excluding hydrogens is 523 g/mol. The van der Waals surface area contributed by atoms with Gasteiger partial charge >= 0.3 is 6.18 Å². The minimum absolute atomic E-state index is 0.00892. The molecule has 1 unspecified atom stereocenters. The third-order valence-electron chi connectivity index (χ3n) is 6.99. The highest BCUT2D eigenvalue weighted by Gasteiger charge is 2.38. The van der Waals surface area contributed by atoms with Gasteiger partial charge in [-0.15, -0.1) is 5.10 Å². The molecule has 2 aromatic heterocycles. The van der Waals surface area contributed by atoms with Crippen molar-refractivity contribution >= 4 is 19.0 Å². The van der Waals surface area contributed by atoms with E-state index in [1.165, 1.54) is 12.1 Å². The molecule has 0 bridgehead atoms. The van der Waals surface area contributed by atoms with Crippen LogP contribution in [-0.2, 0) is 28.9 Å². The highest BCUT2D eigenvalue weighted by Crippen LogP contribution is 2.39. The highest BCUT2D eigenvalue weighted by molar-refractivity contribution is 6.76. The van der Waals surface area contributed by atoms with E-state index in [2.05, 4.69) is 25.7 Å². The molecule has 0 amide bonds. The zero-order valence-corrected chi connectivity index (χ0v) is 23.3. The van der Waals surface area contributed by atoms with Crippen molar-refractivity contribution in [1.82, 2.24) is 19.3 Å². The van der Waals surface area contributed by atoms with Crippen LogP contribution in [0.4, 0.5) is 13.2 Å². The Labute approximate surface area is 225 Å². The molecule has 0 saturated heterocycles. The molecular formula is C28H30F3N5O2Si. The molecule has 1 aliphatic rings. The van der Waals surface area contributed by atoms with Gasteiger partial charge in [0.05, 0.1) is 41.6 Å². The van der Waals surface area contributed by atoms with Crippen LogP contribution in [0.25, 0.3) is 22.4 Å². The molecule has 0 aliphatic carbocycles. The van der Waals surface area contributed by atoms with Gasteiger partial charge in [0.2, 0.25) is 0 Å². The van der Waals surface area contributed by atoms with E-state index in [4.69, 9.17) is 19.6 Å². The van der Waals surface area contributed by atoms with Gasteiger partial charge in [-0.2, -0.15) is 18.4 Å². The summed E-state index contributed by atoms with van der Waals surface area (Å²) in [6.07, 6.45) is -5.53. The largest absolute Gasteiger partial charge is 0.416 e. The molecule has 204 valence electrons. The lowest BCUT2D eigenvalue weighted by Crippen LogP contribution is -2.25. The molecule has 0 radical (unpaired) electrons. The van der Waals surface area contributed by atoms with E-state index in [1.54, 1.807) is 16.8 Å². The summed E-state index contributed by atoms with van der Waals surface area (Å²) in [5, 5.41) is 15.1. The van der Waals surface area contributed by atoms with Crippen LogP contribution in [0.2, 0.25) is 25.7 Å². The molecule has 0 fully saturated rings. The number of halogens is 3. The second kappa shape index (κ2) is 10.3. The average molecular weight is 554 g/mol. The van der Waals surface area contributed by atoms with Crippen LogP contribution >= 0.6 is 0 Å². The Morgan fingerprint density at radius 1 is 1.18 bits per heavy atom. The maximum atomic E-state index is 13.8. The topological polar surface area (TPSA) is 77.9 Å². The van der Waals surface area contributed by atoms with Crippen molar-refractivity contribution in [1.29, 1.82) is 5.26 Å². The summed E-state index contributed by atoms with van der Waals surface area (Å²) in [4.78, 5) is 4.72. The lowest BCUT2D eigenvalue weighted by molar-refractivity contribution is -0.139. The van der Waals surface area contributed by atoms with Crippen LogP contribution in [0, 0.1) is 18.3 Å². The summed E-state index contributed by atoms with van der Waals surface area (Å²) in [6, 6.07) is 14.2. The van der Waals surface area contributed by atoms with Crippen LogP contribution in [-0.4, -0.2) is 40.6 Å². The second-order valence-corrected chi connectivity index (χ2v) is 16.6. The molecule has 0 N–H and O–H groups in total. The number of nitriles is 1. The minimum Gasteiger partial charge on any atom is -0.364 e. The maximum Gasteiger partial charge on any atom is 0.416 e. The molecule has 5 rings (SSSR count). The number of fused-ring (bicyclic) bond motifs is 2. The molecule has 1 atom stereocenters. The summed E-state index contributed by atoms with van der Waals surface area (Å²) in [5.41, 5.74) is 2.20. The van der Waals surface area contributed by atoms with Crippen LogP contribution < -0.4 is 0 Å². The van der Waals surface area contributed by atoms with Crippen molar-refractivity contribution in [3.63, 3.8) is 0 Å². The van der Waals surface area contributed by atoms with Crippen molar-refractivity contribution < 1.29 is 22.6 Å². The van der Waals surface area contributed by atoms with Gasteiger partial charge in [-0.05, 0) is 42.8 Å². The number of aryl methyl sites for hydroxylation is 1. The van der Waals surface area contributed by atoms with Crippen molar-refractivity contribution in [2.45, 2.75) is 58.2 Å². The van der Waals surface area contributed by atoms with E-state index in [9.17, 15) is 18.4 Å². The summed E-state index contributed by atoms with van der Waals surface area (Å²) < 4.78 is 56.9. The molecule has 1 aliphatic heterocycles. The Morgan fingerprint density at radius 3 is 2.67 bits per heavy atom. The normalized spacial score (nSPS) is 15.9. The lowest BCUT2D eigenvalue weighted by Gasteiger charge is -2.25. The van der Waals surface area contributed by atoms with Gasteiger partial charge in [0, 0.05) is 25.6 Å². The van der Waals surface area contributed by atoms with E-state index in [1.807, 2.05) is 23.6 Å². The van der Waals surface area contributed by atoms with Gasteiger partial charge in [-0.25, -0.2) is 9.67 Å². The Kier molecular flexibility index (Phi) is 7.13. The summed E-state index contributed by atoms with van der Waals surface area (Å²) in [5.74, 6) is 0.687. The average Bonchev–Trinajstić information content (AvgIpc) is 3.48. The standard InChI is InChI=1S/C28H30F3N5O2Si/c1-18-19(16-32)9-10-23-21(18)15-24(35(23)17-37-13-14-39(2,3)4)26-33-27-25(38-12-11-36(27)34-26)20-7-5-6-8-22(20)28(29,30)31/h5-10,15,25H,11-14,17H2,1-4H3. The molecule has 3 heterocycles. The number of nitrogens with zero attached hydrogens (tertiary/aromatic N) is 5. The third kappa shape index (κ3) is 5.37. The molecule has 4 aromatic rings. The number of hydrogen-bond acceptors (Lipinski definition) is 5. The van der Waals surface area contributed by atoms with Gasteiger partial charge in [0.1, 0.15) is 12.8 Å². The molecule has 39 heavy (non-hydrogen) atoms. The predicted molar refractivity (Wildman–Crippen MR) is 144 cm³/mol. The molecule has 2 aromatic carbocycles. The first-order valence-electron chi connectivity index (χ1n) is 12.8. The van der Waals surface area contributed by atoms with Crippen LogP contribution in [0.15, 0.2) is 42.5 Å².